The lowest BCUT2D eigenvalue weighted by Gasteiger charge is -2.23. The van der Waals surface area contributed by atoms with Crippen LogP contribution in [0.3, 0.4) is 0 Å². The standard InChI is InChI=1S/C29H29F3N6O3/c1-17-6-7-20-22(14-19(39)15-24(20)37-25(40)8-10-29(30,31)32)26(17)41-27-21(5-3-12-34-27)23-9-13-35-28(38-23)36-18-4-2-11-33-16-18/h3,5-7,9,12-15,18,33,39H,2,4,8,10-11,16H2,1H3,(H,37,40)(H,35,36,38)/t18-/m0/s1. The first-order valence-electron chi connectivity index (χ1n) is 13.2. The molecule has 0 aliphatic carbocycles. The average molecular weight is 567 g/mol. The Morgan fingerprint density at radius 1 is 1.15 bits per heavy atom. The van der Waals surface area contributed by atoms with Crippen LogP contribution in [0.2, 0.25) is 0 Å². The van der Waals surface area contributed by atoms with Crippen LogP contribution in [0.1, 0.15) is 31.2 Å². The largest absolute Gasteiger partial charge is 0.508 e. The molecule has 0 saturated carbocycles. The molecular weight excluding hydrogens is 537 g/mol. The number of rotatable bonds is 8. The number of nitrogens with zero attached hydrogens (tertiary/aromatic N) is 3. The zero-order valence-corrected chi connectivity index (χ0v) is 22.3. The van der Waals surface area contributed by atoms with Crippen LogP contribution in [0.25, 0.3) is 22.0 Å². The number of benzene rings is 2. The zero-order chi connectivity index (χ0) is 29.0. The van der Waals surface area contributed by atoms with Gasteiger partial charge in [-0.1, -0.05) is 12.1 Å². The van der Waals surface area contributed by atoms with Gasteiger partial charge >= 0.3 is 6.18 Å². The van der Waals surface area contributed by atoms with E-state index in [1.165, 1.54) is 12.1 Å². The number of halogens is 3. The van der Waals surface area contributed by atoms with Crippen LogP contribution in [-0.4, -0.2) is 51.3 Å². The van der Waals surface area contributed by atoms with Gasteiger partial charge in [0.15, 0.2) is 0 Å². The molecule has 41 heavy (non-hydrogen) atoms. The first-order valence-corrected chi connectivity index (χ1v) is 13.2. The molecule has 214 valence electrons. The van der Waals surface area contributed by atoms with E-state index in [9.17, 15) is 23.1 Å². The summed E-state index contributed by atoms with van der Waals surface area (Å²) in [5.74, 6) is 0.102. The Bertz CT molecular complexity index is 1560. The molecular formula is C29H29F3N6O3. The maximum Gasteiger partial charge on any atom is 0.389 e. The molecule has 3 heterocycles. The van der Waals surface area contributed by atoms with E-state index in [1.54, 1.807) is 36.7 Å². The van der Waals surface area contributed by atoms with Crippen molar-refractivity contribution in [2.75, 3.05) is 23.7 Å². The van der Waals surface area contributed by atoms with Gasteiger partial charge in [-0.2, -0.15) is 13.2 Å². The lowest BCUT2D eigenvalue weighted by Crippen LogP contribution is -2.38. The van der Waals surface area contributed by atoms with Gasteiger partial charge in [-0.05, 0) is 56.1 Å². The summed E-state index contributed by atoms with van der Waals surface area (Å²) in [6, 6.07) is 11.8. The first-order chi connectivity index (χ1) is 19.7. The maximum absolute atomic E-state index is 12.6. The van der Waals surface area contributed by atoms with Gasteiger partial charge in [0.25, 0.3) is 0 Å². The molecule has 12 heteroatoms. The number of nitrogens with one attached hydrogen (secondary N) is 3. The van der Waals surface area contributed by atoms with Gasteiger partial charge in [-0.25, -0.2) is 15.0 Å². The SMILES string of the molecule is Cc1ccc2c(NC(=O)CCC(F)(F)F)cc(O)cc2c1Oc1ncccc1-c1ccnc(N[C@H]2CCCNC2)n1. The van der Waals surface area contributed by atoms with Gasteiger partial charge in [-0.15, -0.1) is 0 Å². The topological polar surface area (TPSA) is 121 Å². The number of hydrogen-bond acceptors (Lipinski definition) is 8. The van der Waals surface area contributed by atoms with Crippen LogP contribution in [0, 0.1) is 6.92 Å². The third kappa shape index (κ3) is 7.01. The van der Waals surface area contributed by atoms with Crippen molar-refractivity contribution in [1.82, 2.24) is 20.3 Å². The molecule has 2 aromatic heterocycles. The Morgan fingerprint density at radius 2 is 2.00 bits per heavy atom. The molecule has 0 radical (unpaired) electrons. The second-order valence-electron chi connectivity index (χ2n) is 9.87. The lowest BCUT2D eigenvalue weighted by molar-refractivity contribution is -0.142. The van der Waals surface area contributed by atoms with Crippen LogP contribution < -0.4 is 20.7 Å². The quantitative estimate of drug-likeness (QED) is 0.207. The van der Waals surface area contributed by atoms with Gasteiger partial charge in [-0.3, -0.25) is 4.79 Å². The summed E-state index contributed by atoms with van der Waals surface area (Å²) in [7, 11) is 0. The number of hydrogen-bond donors (Lipinski definition) is 4. The van der Waals surface area contributed by atoms with E-state index in [0.29, 0.717) is 39.3 Å². The molecule has 0 spiro atoms. The van der Waals surface area contributed by atoms with Crippen LogP contribution in [-0.2, 0) is 4.79 Å². The highest BCUT2D eigenvalue weighted by atomic mass is 19.4. The highest BCUT2D eigenvalue weighted by Crippen LogP contribution is 2.40. The summed E-state index contributed by atoms with van der Waals surface area (Å²) in [5, 5.41) is 20.6. The van der Waals surface area contributed by atoms with E-state index in [4.69, 9.17) is 4.74 Å². The van der Waals surface area contributed by atoms with Crippen molar-refractivity contribution in [3.63, 3.8) is 0 Å². The lowest BCUT2D eigenvalue weighted by atomic mass is 10.0. The molecule has 1 atom stereocenters. The Hall–Kier alpha value is -4.45. The van der Waals surface area contributed by atoms with Crippen molar-refractivity contribution in [1.29, 1.82) is 0 Å². The summed E-state index contributed by atoms with van der Waals surface area (Å²) >= 11 is 0. The molecule has 1 aliphatic rings. The molecule has 4 N–H and O–H groups in total. The van der Waals surface area contributed by atoms with E-state index in [2.05, 4.69) is 30.9 Å². The minimum atomic E-state index is -4.45. The number of amides is 1. The van der Waals surface area contributed by atoms with Gasteiger partial charge in [0.1, 0.15) is 11.5 Å². The number of anilines is 2. The Morgan fingerprint density at radius 3 is 2.78 bits per heavy atom. The number of aryl methyl sites for hydroxylation is 1. The summed E-state index contributed by atoms with van der Waals surface area (Å²) in [4.78, 5) is 25.7. The third-order valence-corrected chi connectivity index (χ3v) is 6.71. The van der Waals surface area contributed by atoms with E-state index in [1.807, 2.05) is 13.0 Å². The van der Waals surface area contributed by atoms with E-state index in [0.717, 1.165) is 25.9 Å². The normalized spacial score (nSPS) is 15.5. The molecule has 9 nitrogen and oxygen atoms in total. The van der Waals surface area contributed by atoms with Crippen LogP contribution in [0.5, 0.6) is 17.4 Å². The van der Waals surface area contributed by atoms with Crippen LogP contribution >= 0.6 is 0 Å². The van der Waals surface area contributed by atoms with Crippen LogP contribution in [0.15, 0.2) is 54.9 Å². The minimum absolute atomic E-state index is 0.169. The summed E-state index contributed by atoms with van der Waals surface area (Å²) < 4.78 is 44.1. The molecule has 4 aromatic rings. The number of ether oxygens (including phenoxy) is 1. The molecule has 0 unspecified atom stereocenters. The number of piperidine rings is 1. The number of carbonyl (C=O) groups is 1. The predicted octanol–water partition coefficient (Wildman–Crippen LogP) is 5.94. The van der Waals surface area contributed by atoms with E-state index in [-0.39, 0.29) is 23.4 Å². The van der Waals surface area contributed by atoms with Crippen molar-refractivity contribution in [2.45, 2.75) is 44.8 Å². The maximum atomic E-state index is 12.6. The number of phenols is 1. The second-order valence-corrected chi connectivity index (χ2v) is 9.87. The smallest absolute Gasteiger partial charge is 0.389 e. The second kappa shape index (κ2) is 12.0. The number of alkyl halides is 3. The Balaban J connectivity index is 1.46. The van der Waals surface area contributed by atoms with Gasteiger partial charge < -0.3 is 25.8 Å². The van der Waals surface area contributed by atoms with Crippen LogP contribution in [0.4, 0.5) is 24.8 Å². The van der Waals surface area contributed by atoms with E-state index >= 15 is 0 Å². The molecule has 1 aliphatic heterocycles. The molecule has 5 rings (SSSR count). The molecule has 0 bridgehead atoms. The number of phenolic OH excluding ortho intramolecular Hbond substituents is 1. The average Bonchev–Trinajstić information content (AvgIpc) is 2.94. The predicted molar refractivity (Wildman–Crippen MR) is 149 cm³/mol. The summed E-state index contributed by atoms with van der Waals surface area (Å²) in [6.07, 6.45) is -1.12. The number of aromatic hydroxyl groups is 1. The number of pyridine rings is 1. The Labute approximate surface area is 234 Å². The highest BCUT2D eigenvalue weighted by molar-refractivity contribution is 6.05. The first kappa shape index (κ1) is 28.1. The highest BCUT2D eigenvalue weighted by Gasteiger charge is 2.28. The fraction of sp³-hybridized carbons (Fsp3) is 0.310. The van der Waals surface area contributed by atoms with Crippen molar-refractivity contribution in [2.24, 2.45) is 0 Å². The van der Waals surface area contributed by atoms with Crippen molar-refractivity contribution in [3.05, 3.63) is 60.4 Å². The number of fused-ring (bicyclic) bond motifs is 1. The van der Waals surface area contributed by atoms with Crippen molar-refractivity contribution < 1.29 is 27.8 Å². The fourth-order valence-corrected chi connectivity index (χ4v) is 4.71. The molecule has 1 saturated heterocycles. The van der Waals surface area contributed by atoms with E-state index < -0.39 is 24.9 Å². The number of carbonyl (C=O) groups excluding carboxylic acids is 1. The monoisotopic (exact) mass is 566 g/mol. The molecule has 1 fully saturated rings. The van der Waals surface area contributed by atoms with Crippen molar-refractivity contribution >= 4 is 28.3 Å². The van der Waals surface area contributed by atoms with Gasteiger partial charge in [0.05, 0.1) is 23.4 Å². The summed E-state index contributed by atoms with van der Waals surface area (Å²) in [6.45, 7) is 3.63. The van der Waals surface area contributed by atoms with Crippen molar-refractivity contribution in [3.8, 4) is 28.6 Å². The summed E-state index contributed by atoms with van der Waals surface area (Å²) in [5.41, 5.74) is 2.08. The zero-order valence-electron chi connectivity index (χ0n) is 22.3. The Kier molecular flexibility index (Phi) is 8.20. The van der Waals surface area contributed by atoms with Gasteiger partial charge in [0, 0.05) is 48.2 Å². The molecule has 1 amide bonds. The fourth-order valence-electron chi connectivity index (χ4n) is 4.71. The molecule has 2 aromatic carbocycles. The number of aromatic nitrogens is 3. The van der Waals surface area contributed by atoms with Gasteiger partial charge in [0.2, 0.25) is 17.7 Å². The third-order valence-electron chi connectivity index (χ3n) is 6.71. The minimum Gasteiger partial charge on any atom is -0.508 e.